The van der Waals surface area contributed by atoms with E-state index in [-0.39, 0.29) is 35.3 Å². The summed E-state index contributed by atoms with van der Waals surface area (Å²) < 4.78 is 12.0. The molecule has 4 heteroatoms. The Hall–Kier alpha value is -1.84. The van der Waals surface area contributed by atoms with Crippen molar-refractivity contribution < 1.29 is 19.1 Å². The van der Waals surface area contributed by atoms with Crippen molar-refractivity contribution in [3.63, 3.8) is 0 Å². The molecule has 3 rings (SSSR count). The fourth-order valence-electron chi connectivity index (χ4n) is 5.52. The molecule has 0 amide bonds. The summed E-state index contributed by atoms with van der Waals surface area (Å²) in [5, 5.41) is 0. The molecule has 35 heavy (non-hydrogen) atoms. The van der Waals surface area contributed by atoms with Crippen LogP contribution in [0, 0.1) is 41.4 Å². The van der Waals surface area contributed by atoms with E-state index >= 15 is 0 Å². The van der Waals surface area contributed by atoms with Gasteiger partial charge in [-0.05, 0) is 106 Å². The zero-order chi connectivity index (χ0) is 26.1. The Bertz CT molecular complexity index is 909. The van der Waals surface area contributed by atoms with Gasteiger partial charge in [-0.25, -0.2) is 0 Å². The van der Waals surface area contributed by atoms with Crippen LogP contribution in [0.2, 0.25) is 0 Å². The first-order valence-corrected chi connectivity index (χ1v) is 13.7. The highest BCUT2D eigenvalue weighted by Crippen LogP contribution is 2.52. The van der Waals surface area contributed by atoms with E-state index in [9.17, 15) is 9.59 Å². The lowest BCUT2D eigenvalue weighted by molar-refractivity contribution is -0.165. The van der Waals surface area contributed by atoms with Crippen molar-refractivity contribution in [2.45, 2.75) is 113 Å². The first-order chi connectivity index (χ1) is 16.2. The average Bonchev–Trinajstić information content (AvgIpc) is 3.39. The Morgan fingerprint density at radius 1 is 1.11 bits per heavy atom. The summed E-state index contributed by atoms with van der Waals surface area (Å²) in [6, 6.07) is 6.24. The van der Waals surface area contributed by atoms with Crippen LogP contribution < -0.4 is 4.74 Å². The molecule has 0 N–H and O–H groups in total. The van der Waals surface area contributed by atoms with Crippen LogP contribution >= 0.6 is 0 Å². The third kappa shape index (κ3) is 7.11. The lowest BCUT2D eigenvalue weighted by atomic mass is 9.73. The van der Waals surface area contributed by atoms with Crippen LogP contribution in [0.25, 0.3) is 0 Å². The maximum absolute atomic E-state index is 12.7. The van der Waals surface area contributed by atoms with Crippen LogP contribution in [0.15, 0.2) is 18.2 Å². The van der Waals surface area contributed by atoms with E-state index in [1.807, 2.05) is 33.8 Å². The average molecular weight is 485 g/mol. The van der Waals surface area contributed by atoms with Crippen LogP contribution in [0.1, 0.15) is 111 Å². The minimum absolute atomic E-state index is 0.00706. The largest absolute Gasteiger partial charge is 0.462 e. The van der Waals surface area contributed by atoms with Gasteiger partial charge in [-0.1, -0.05) is 53.2 Å². The molecule has 0 spiro atoms. The van der Waals surface area contributed by atoms with Crippen molar-refractivity contribution in [2.24, 2.45) is 34.5 Å². The molecule has 4 nitrogen and oxygen atoms in total. The minimum Gasteiger partial charge on any atom is -0.462 e. The number of rotatable bonds is 8. The molecule has 0 radical (unpaired) electrons. The summed E-state index contributed by atoms with van der Waals surface area (Å²) in [5.41, 5.74) is 1.81. The zero-order valence-corrected chi connectivity index (χ0v) is 23.6. The fraction of sp³-hybridized carbons (Fsp3) is 0.742. The van der Waals surface area contributed by atoms with E-state index in [0.29, 0.717) is 17.8 Å². The van der Waals surface area contributed by atoms with Gasteiger partial charge < -0.3 is 9.47 Å². The van der Waals surface area contributed by atoms with Crippen molar-refractivity contribution >= 4 is 11.9 Å². The van der Waals surface area contributed by atoms with E-state index in [4.69, 9.17) is 9.47 Å². The Labute approximate surface area is 213 Å². The third-order valence-corrected chi connectivity index (χ3v) is 8.47. The Kier molecular flexibility index (Phi) is 8.44. The topological polar surface area (TPSA) is 52.6 Å². The Morgan fingerprint density at radius 2 is 1.77 bits per heavy atom. The van der Waals surface area contributed by atoms with Gasteiger partial charge >= 0.3 is 11.9 Å². The van der Waals surface area contributed by atoms with Crippen molar-refractivity contribution in [1.29, 1.82) is 0 Å². The summed E-state index contributed by atoms with van der Waals surface area (Å²) in [4.78, 5) is 25.3. The first kappa shape index (κ1) is 27.7. The van der Waals surface area contributed by atoms with Crippen molar-refractivity contribution in [1.82, 2.24) is 0 Å². The molecule has 6 unspecified atom stereocenters. The van der Waals surface area contributed by atoms with Crippen LogP contribution in [-0.4, -0.2) is 18.0 Å². The second-order valence-electron chi connectivity index (χ2n) is 13.4. The molecule has 196 valence electrons. The number of esters is 2. The van der Waals surface area contributed by atoms with Crippen molar-refractivity contribution in [3.05, 3.63) is 29.3 Å². The standard InChI is InChI=1S/C31H48O4/c1-19-10-14-23(26(16-19)34-28(32)25-18-31(25,8)9)21(3)12-13-22(4)24-15-11-20(2)17-27(24)35-29(33)30(5,6)7/h10,14,16,20-22,24-25,27H,11-13,15,17-18H2,1-9H3. The second-order valence-corrected chi connectivity index (χ2v) is 13.4. The van der Waals surface area contributed by atoms with Gasteiger partial charge in [0.2, 0.25) is 0 Å². The van der Waals surface area contributed by atoms with Gasteiger partial charge in [0.1, 0.15) is 11.9 Å². The van der Waals surface area contributed by atoms with Gasteiger partial charge in [0.05, 0.1) is 11.3 Å². The molecule has 2 aliphatic rings. The maximum atomic E-state index is 12.7. The van der Waals surface area contributed by atoms with Crippen molar-refractivity contribution in [3.8, 4) is 5.75 Å². The predicted octanol–water partition coefficient (Wildman–Crippen LogP) is 7.86. The number of ether oxygens (including phenoxy) is 2. The summed E-state index contributed by atoms with van der Waals surface area (Å²) >= 11 is 0. The molecule has 2 fully saturated rings. The second kappa shape index (κ2) is 10.6. The van der Waals surface area contributed by atoms with Crippen LogP contribution in [0.3, 0.4) is 0 Å². The fourth-order valence-corrected chi connectivity index (χ4v) is 5.52. The van der Waals surface area contributed by atoms with Crippen LogP contribution in [0.4, 0.5) is 0 Å². The molecule has 1 aromatic carbocycles. The monoisotopic (exact) mass is 484 g/mol. The summed E-state index contributed by atoms with van der Waals surface area (Å²) in [5.74, 6) is 2.29. The lowest BCUT2D eigenvalue weighted by Crippen LogP contribution is -2.39. The molecule has 2 aliphatic carbocycles. The summed E-state index contributed by atoms with van der Waals surface area (Å²) in [7, 11) is 0. The van der Waals surface area contributed by atoms with Crippen LogP contribution in [-0.2, 0) is 14.3 Å². The molecule has 6 atom stereocenters. The van der Waals surface area contributed by atoms with Gasteiger partial charge in [0.15, 0.2) is 0 Å². The van der Waals surface area contributed by atoms with Gasteiger partial charge in [-0.15, -0.1) is 0 Å². The quantitative estimate of drug-likeness (QED) is 0.278. The van der Waals surface area contributed by atoms with E-state index in [1.165, 1.54) is 6.42 Å². The number of hydrogen-bond donors (Lipinski definition) is 0. The van der Waals surface area contributed by atoms with Gasteiger partial charge in [-0.2, -0.15) is 0 Å². The number of carbonyl (C=O) groups excluding carboxylic acids is 2. The number of hydrogen-bond acceptors (Lipinski definition) is 4. The normalized spacial score (nSPS) is 27.6. The SMILES string of the molecule is Cc1ccc(C(C)CCC(C)C2CCC(C)CC2OC(=O)C(C)(C)C)c(OC(=O)C2CC2(C)C)c1. The number of benzene rings is 1. The first-order valence-electron chi connectivity index (χ1n) is 13.7. The van der Waals surface area contributed by atoms with Gasteiger partial charge in [0, 0.05) is 0 Å². The molecule has 0 heterocycles. The predicted molar refractivity (Wildman–Crippen MR) is 141 cm³/mol. The van der Waals surface area contributed by atoms with E-state index in [0.717, 1.165) is 49.0 Å². The summed E-state index contributed by atoms with van der Waals surface area (Å²) in [6.07, 6.45) is 6.25. The highest BCUT2D eigenvalue weighted by atomic mass is 16.5. The molecule has 1 aromatic rings. The lowest BCUT2D eigenvalue weighted by Gasteiger charge is -2.39. The van der Waals surface area contributed by atoms with Crippen LogP contribution in [0.5, 0.6) is 5.75 Å². The van der Waals surface area contributed by atoms with E-state index in [2.05, 4.69) is 46.8 Å². The number of carbonyl (C=O) groups is 2. The maximum Gasteiger partial charge on any atom is 0.314 e. The molecule has 0 aliphatic heterocycles. The summed E-state index contributed by atoms with van der Waals surface area (Å²) in [6.45, 7) is 18.9. The van der Waals surface area contributed by atoms with Gasteiger partial charge in [-0.3, -0.25) is 9.59 Å². The Balaban J connectivity index is 1.64. The molecular formula is C31H48O4. The molecule has 2 saturated carbocycles. The Morgan fingerprint density at radius 3 is 2.37 bits per heavy atom. The third-order valence-electron chi connectivity index (χ3n) is 8.47. The van der Waals surface area contributed by atoms with Gasteiger partial charge in [0.25, 0.3) is 0 Å². The zero-order valence-electron chi connectivity index (χ0n) is 23.6. The molecular weight excluding hydrogens is 436 g/mol. The van der Waals surface area contributed by atoms with E-state index < -0.39 is 5.41 Å². The highest BCUT2D eigenvalue weighted by molar-refractivity contribution is 5.79. The molecule has 0 saturated heterocycles. The smallest absolute Gasteiger partial charge is 0.314 e. The van der Waals surface area contributed by atoms with E-state index in [1.54, 1.807) is 0 Å². The highest BCUT2D eigenvalue weighted by Gasteiger charge is 2.52. The number of aryl methyl sites for hydroxylation is 1. The minimum atomic E-state index is -0.474. The van der Waals surface area contributed by atoms with Crippen molar-refractivity contribution in [2.75, 3.05) is 0 Å². The molecule has 0 bridgehead atoms. The molecule has 0 aromatic heterocycles.